The highest BCUT2D eigenvalue weighted by Gasteiger charge is 2.16. The van der Waals surface area contributed by atoms with Crippen LogP contribution in [0.25, 0.3) is 209 Å². The van der Waals surface area contributed by atoms with Gasteiger partial charge in [0.05, 0.1) is 78.3 Å². The lowest BCUT2D eigenvalue weighted by Crippen LogP contribution is -1.90. The monoisotopic (exact) mass is 1320 g/mol. The van der Waals surface area contributed by atoms with Crippen LogP contribution in [0.2, 0.25) is 0 Å². The van der Waals surface area contributed by atoms with Crippen molar-refractivity contribution in [1.29, 1.82) is 0 Å². The molecule has 8 nitrogen and oxygen atoms in total. The maximum absolute atomic E-state index is 5.16. The van der Waals surface area contributed by atoms with Crippen molar-refractivity contribution in [3.8, 4) is 89.8 Å². The molecule has 0 spiro atoms. The third kappa shape index (κ3) is 11.0. The van der Waals surface area contributed by atoms with Crippen LogP contribution in [0.3, 0.4) is 0 Å². The van der Waals surface area contributed by atoms with Crippen molar-refractivity contribution >= 4 is 120 Å². The van der Waals surface area contributed by atoms with E-state index in [0.29, 0.717) is 0 Å². The van der Waals surface area contributed by atoms with Gasteiger partial charge in [-0.05, 0) is 152 Å². The molecule has 8 heterocycles. The van der Waals surface area contributed by atoms with Crippen molar-refractivity contribution in [3.05, 3.63) is 352 Å². The van der Waals surface area contributed by atoms with Crippen LogP contribution < -0.4 is 0 Å². The largest absolute Gasteiger partial charge is 0.254 e. The highest BCUT2D eigenvalue weighted by molar-refractivity contribution is 6.14. The number of nitrogens with zero attached hydrogens (tertiary/aromatic N) is 8. The van der Waals surface area contributed by atoms with E-state index < -0.39 is 0 Å². The number of benzene rings is 13. The molecule has 0 aliphatic carbocycles. The zero-order valence-corrected chi connectivity index (χ0v) is 56.1. The van der Waals surface area contributed by atoms with Crippen molar-refractivity contribution in [3.63, 3.8) is 0 Å². The van der Waals surface area contributed by atoms with Crippen LogP contribution in [0.4, 0.5) is 0 Å². The van der Waals surface area contributed by atoms with Crippen LogP contribution >= 0.6 is 0 Å². The van der Waals surface area contributed by atoms with Crippen LogP contribution in [0, 0.1) is 0 Å². The molecule has 21 aromatic rings. The third-order valence-electron chi connectivity index (χ3n) is 20.3. The van der Waals surface area contributed by atoms with Crippen LogP contribution in [0.1, 0.15) is 0 Å². The Hall–Kier alpha value is -14.1. The average molecular weight is 1320 g/mol. The highest BCUT2D eigenvalue weighted by atomic mass is 14.8. The lowest BCUT2D eigenvalue weighted by atomic mass is 9.95. The SMILES string of the molecule is c1ccc2c(c1)cc(-c1ccc3cc(-c4ccc5ccc(-c6ccc(-c7ccc8ccc9cccnc9c8n7)cc6)nc5c4)ccc3n1)c1ccccc12.c1ccc2cc(-c3ccc4cc(-c5ccc6ccc(-c7ccc(-c8ccc9ccc%10cccnc%10c9n8)cc7)nc6c5)ccc4n3)ccc2c1. The Morgan fingerprint density at radius 2 is 0.481 bits per heavy atom. The molecule has 0 radical (unpaired) electrons. The Kier molecular flexibility index (Phi) is 14.4. The molecule has 0 aliphatic rings. The first-order valence-corrected chi connectivity index (χ1v) is 35.0. The lowest BCUT2D eigenvalue weighted by molar-refractivity contribution is 1.36. The van der Waals surface area contributed by atoms with E-state index in [4.69, 9.17) is 29.9 Å². The van der Waals surface area contributed by atoms with E-state index in [1.807, 2.05) is 24.5 Å². The summed E-state index contributed by atoms with van der Waals surface area (Å²) in [4.78, 5) is 39.7. The number of aromatic nitrogens is 8. The molecule has 104 heavy (non-hydrogen) atoms. The zero-order chi connectivity index (χ0) is 68.6. The standard InChI is InChI=1S/C50H30N4.C46H28N4/c1-2-8-40-38(6-1)29-43(42-10-4-3-9-41(40)42)47-26-22-39-28-36(21-25-46(39)52-47)37-18-15-33-19-23-44(53-48(33)30-37)31-11-13-32(14-12-31)45-24-20-35-17-16-34-7-5-27-51-49(34)50(35)54-45;1-2-5-35-26-38(16-7-29(35)4-1)43-24-20-39-27-36(19-23-42(39)48-43)37-15-12-32-17-21-40(49-44(32)28-37)30-8-10-31(11-9-30)41-22-18-34-14-13-33-6-3-25-47-45(33)46(34)50-41/h1-30H;1-28H. The lowest BCUT2D eigenvalue weighted by Gasteiger charge is -2.12. The number of pyridine rings is 8. The second-order valence-corrected chi connectivity index (χ2v) is 26.6. The second kappa shape index (κ2) is 25.0. The summed E-state index contributed by atoms with van der Waals surface area (Å²) in [5, 5.41) is 16.2. The van der Waals surface area contributed by atoms with E-state index in [-0.39, 0.29) is 0 Å². The maximum Gasteiger partial charge on any atom is 0.0972 e. The molecule has 8 aromatic heterocycles. The van der Waals surface area contributed by atoms with E-state index in [2.05, 4.69) is 338 Å². The summed E-state index contributed by atoms with van der Waals surface area (Å²) in [5.41, 5.74) is 24.3. The van der Waals surface area contributed by atoms with Crippen LogP contribution in [0.5, 0.6) is 0 Å². The minimum absolute atomic E-state index is 0.920. The van der Waals surface area contributed by atoms with Gasteiger partial charge in [0.1, 0.15) is 0 Å². The fourth-order valence-corrected chi connectivity index (χ4v) is 14.8. The van der Waals surface area contributed by atoms with Crippen molar-refractivity contribution in [2.24, 2.45) is 0 Å². The van der Waals surface area contributed by atoms with E-state index in [1.165, 1.54) is 32.3 Å². The minimum atomic E-state index is 0.920. The normalized spacial score (nSPS) is 11.7. The van der Waals surface area contributed by atoms with Gasteiger partial charge in [0.2, 0.25) is 0 Å². The van der Waals surface area contributed by atoms with Gasteiger partial charge < -0.3 is 0 Å². The van der Waals surface area contributed by atoms with Crippen LogP contribution in [-0.2, 0) is 0 Å². The molecule has 0 atom stereocenters. The molecule has 0 aliphatic heterocycles. The summed E-state index contributed by atoms with van der Waals surface area (Å²) < 4.78 is 0. The molecule has 0 unspecified atom stereocenters. The first-order chi connectivity index (χ1) is 51.4. The van der Waals surface area contributed by atoms with Gasteiger partial charge in [0.15, 0.2) is 0 Å². The molecular formula is C96H58N8. The summed E-state index contributed by atoms with van der Waals surface area (Å²) in [6, 6.07) is 120. The van der Waals surface area contributed by atoms with Crippen molar-refractivity contribution in [2.75, 3.05) is 0 Å². The molecule has 21 rings (SSSR count). The predicted molar refractivity (Wildman–Crippen MR) is 431 cm³/mol. The third-order valence-corrected chi connectivity index (χ3v) is 20.3. The maximum atomic E-state index is 5.16. The Morgan fingerprint density at radius 1 is 0.154 bits per heavy atom. The van der Waals surface area contributed by atoms with Gasteiger partial charge in [-0.15, -0.1) is 0 Å². The van der Waals surface area contributed by atoms with Crippen molar-refractivity contribution < 1.29 is 0 Å². The fraction of sp³-hybridized carbons (Fsp3) is 0. The van der Waals surface area contributed by atoms with E-state index in [0.717, 1.165) is 177 Å². The molecule has 0 saturated heterocycles. The first-order valence-electron chi connectivity index (χ1n) is 35.0. The number of rotatable bonds is 8. The second-order valence-electron chi connectivity index (χ2n) is 26.6. The fourth-order valence-electron chi connectivity index (χ4n) is 14.8. The molecule has 0 saturated carbocycles. The smallest absolute Gasteiger partial charge is 0.0972 e. The van der Waals surface area contributed by atoms with Crippen LogP contribution in [-0.4, -0.2) is 39.9 Å². The molecule has 0 N–H and O–H groups in total. The Labute approximate surface area is 597 Å². The molecule has 8 heteroatoms. The summed E-state index contributed by atoms with van der Waals surface area (Å²) in [5.74, 6) is 0. The topological polar surface area (TPSA) is 103 Å². The Bertz CT molecular complexity index is 7050. The summed E-state index contributed by atoms with van der Waals surface area (Å²) in [7, 11) is 0. The number of fused-ring (bicyclic) bond motifs is 14. The summed E-state index contributed by atoms with van der Waals surface area (Å²) in [6.45, 7) is 0. The van der Waals surface area contributed by atoms with Gasteiger partial charge in [-0.2, -0.15) is 0 Å². The predicted octanol–water partition coefficient (Wildman–Crippen LogP) is 24.6. The number of hydrogen-bond donors (Lipinski definition) is 0. The van der Waals surface area contributed by atoms with Gasteiger partial charge in [-0.3, -0.25) is 9.97 Å². The van der Waals surface area contributed by atoms with Gasteiger partial charge in [0.25, 0.3) is 0 Å². The number of hydrogen-bond acceptors (Lipinski definition) is 8. The molecule has 0 fully saturated rings. The van der Waals surface area contributed by atoms with Crippen molar-refractivity contribution in [2.45, 2.75) is 0 Å². The zero-order valence-electron chi connectivity index (χ0n) is 56.1. The molecule has 13 aromatic carbocycles. The minimum Gasteiger partial charge on any atom is -0.254 e. The Balaban J connectivity index is 0.000000139. The van der Waals surface area contributed by atoms with Gasteiger partial charge in [0, 0.05) is 88.9 Å². The highest BCUT2D eigenvalue weighted by Crippen LogP contribution is 2.38. The summed E-state index contributed by atoms with van der Waals surface area (Å²) >= 11 is 0. The van der Waals surface area contributed by atoms with Crippen LogP contribution in [0.15, 0.2) is 352 Å². The summed E-state index contributed by atoms with van der Waals surface area (Å²) in [6.07, 6.45) is 3.65. The Morgan fingerprint density at radius 3 is 1.02 bits per heavy atom. The average Bonchev–Trinajstić information content (AvgIpc) is 0.754. The van der Waals surface area contributed by atoms with E-state index in [1.54, 1.807) is 0 Å². The van der Waals surface area contributed by atoms with E-state index >= 15 is 0 Å². The van der Waals surface area contributed by atoms with E-state index in [9.17, 15) is 0 Å². The first kappa shape index (κ1) is 59.9. The molecule has 0 bridgehead atoms. The van der Waals surface area contributed by atoms with Crippen molar-refractivity contribution in [1.82, 2.24) is 39.9 Å². The molecular weight excluding hydrogens is 1270 g/mol. The van der Waals surface area contributed by atoms with Gasteiger partial charge in [-0.25, -0.2) is 29.9 Å². The molecule has 0 amide bonds. The molecule has 482 valence electrons. The van der Waals surface area contributed by atoms with Gasteiger partial charge >= 0.3 is 0 Å². The quantitative estimate of drug-likeness (QED) is 0.139. The van der Waals surface area contributed by atoms with Gasteiger partial charge in [-0.1, -0.05) is 243 Å².